The summed E-state index contributed by atoms with van der Waals surface area (Å²) in [7, 11) is 5.07. The number of ether oxygens (including phenoxy) is 2. The van der Waals surface area contributed by atoms with E-state index in [9.17, 15) is 9.59 Å². The van der Waals surface area contributed by atoms with Crippen molar-refractivity contribution in [3.63, 3.8) is 0 Å². The van der Waals surface area contributed by atoms with E-state index in [1.807, 2.05) is 61.3 Å². The fourth-order valence-electron chi connectivity index (χ4n) is 3.57. The van der Waals surface area contributed by atoms with E-state index in [4.69, 9.17) is 9.47 Å². The van der Waals surface area contributed by atoms with Crippen LogP contribution in [-0.4, -0.2) is 49.7 Å². The largest absolute Gasteiger partial charge is 0.493 e. The molecule has 1 atom stereocenters. The van der Waals surface area contributed by atoms with Gasteiger partial charge in [-0.1, -0.05) is 30.3 Å². The number of amides is 3. The minimum Gasteiger partial charge on any atom is -0.493 e. The molecule has 0 bridgehead atoms. The van der Waals surface area contributed by atoms with Crippen LogP contribution in [0, 0.1) is 6.92 Å². The van der Waals surface area contributed by atoms with Gasteiger partial charge in [0.2, 0.25) is 0 Å². The molecule has 0 spiro atoms. The van der Waals surface area contributed by atoms with Gasteiger partial charge < -0.3 is 14.8 Å². The fourth-order valence-corrected chi connectivity index (χ4v) is 3.57. The quantitative estimate of drug-likeness (QED) is 0.728. The van der Waals surface area contributed by atoms with Crippen LogP contribution in [0.5, 0.6) is 11.5 Å². The Kier molecular flexibility index (Phi) is 5.79. The first kappa shape index (κ1) is 20.7. The van der Waals surface area contributed by atoms with Gasteiger partial charge in [-0.25, -0.2) is 9.69 Å². The molecule has 0 unspecified atom stereocenters. The number of hydrogen-bond acceptors (Lipinski definition) is 5. The number of hydrogen-bond donors (Lipinski definition) is 1. The molecule has 1 saturated heterocycles. The molecular formula is C22H27N3O4. The number of nitrogens with one attached hydrogen (secondary N) is 1. The average molecular weight is 397 g/mol. The topological polar surface area (TPSA) is 71.1 Å². The molecule has 0 aliphatic carbocycles. The van der Waals surface area contributed by atoms with E-state index in [-0.39, 0.29) is 12.6 Å². The third kappa shape index (κ3) is 3.91. The minimum absolute atomic E-state index is 0.181. The Hall–Kier alpha value is -3.06. The lowest BCUT2D eigenvalue weighted by Crippen LogP contribution is -2.42. The van der Waals surface area contributed by atoms with Gasteiger partial charge in [0.05, 0.1) is 20.9 Å². The Labute approximate surface area is 171 Å². The summed E-state index contributed by atoms with van der Waals surface area (Å²) in [5, 5.41) is 2.83. The van der Waals surface area contributed by atoms with Crippen molar-refractivity contribution in [2.24, 2.45) is 0 Å². The number of nitrogens with zero attached hydrogens (tertiary/aromatic N) is 2. The van der Waals surface area contributed by atoms with Crippen molar-refractivity contribution < 1.29 is 19.1 Å². The van der Waals surface area contributed by atoms with Crippen molar-refractivity contribution in [3.8, 4) is 11.5 Å². The zero-order valence-corrected chi connectivity index (χ0v) is 17.5. The van der Waals surface area contributed by atoms with Crippen LogP contribution >= 0.6 is 0 Å². The zero-order chi connectivity index (χ0) is 21.2. The third-order valence-corrected chi connectivity index (χ3v) is 5.29. The SMILES string of the molecule is COc1cc(C)c(CN(C)CN2C(=O)N[C@](C)(c3ccccc3)C2=O)cc1OC. The average Bonchev–Trinajstić information content (AvgIpc) is 2.93. The maximum Gasteiger partial charge on any atom is 0.326 e. The van der Waals surface area contributed by atoms with E-state index in [1.165, 1.54) is 4.90 Å². The van der Waals surface area contributed by atoms with Gasteiger partial charge in [-0.3, -0.25) is 9.69 Å². The lowest BCUT2D eigenvalue weighted by Gasteiger charge is -2.25. The number of carbonyl (C=O) groups excluding carboxylic acids is 2. The van der Waals surface area contributed by atoms with Gasteiger partial charge in [-0.05, 0) is 49.7 Å². The second-order valence-corrected chi connectivity index (χ2v) is 7.44. The zero-order valence-electron chi connectivity index (χ0n) is 17.5. The van der Waals surface area contributed by atoms with Crippen LogP contribution in [0.4, 0.5) is 4.79 Å². The molecule has 1 aliphatic heterocycles. The molecule has 7 heteroatoms. The predicted octanol–water partition coefficient (Wildman–Crippen LogP) is 2.87. The number of urea groups is 1. The van der Waals surface area contributed by atoms with E-state index < -0.39 is 11.6 Å². The van der Waals surface area contributed by atoms with E-state index in [1.54, 1.807) is 21.1 Å². The molecule has 2 aromatic rings. The van der Waals surface area contributed by atoms with Gasteiger partial charge in [-0.2, -0.15) is 0 Å². The summed E-state index contributed by atoms with van der Waals surface area (Å²) in [5.74, 6) is 1.06. The highest BCUT2D eigenvalue weighted by atomic mass is 16.5. The van der Waals surface area contributed by atoms with Crippen LogP contribution in [0.1, 0.15) is 23.6 Å². The Morgan fingerprint density at radius 1 is 1.07 bits per heavy atom. The molecule has 154 valence electrons. The molecule has 1 aliphatic rings. The van der Waals surface area contributed by atoms with Crippen molar-refractivity contribution in [3.05, 3.63) is 59.2 Å². The molecular weight excluding hydrogens is 370 g/mol. The Bertz CT molecular complexity index is 916. The number of aryl methyl sites for hydroxylation is 1. The lowest BCUT2D eigenvalue weighted by atomic mass is 9.92. The molecule has 3 amide bonds. The monoisotopic (exact) mass is 397 g/mol. The molecule has 1 fully saturated rings. The van der Waals surface area contributed by atoms with Crippen molar-refractivity contribution in [2.75, 3.05) is 27.9 Å². The number of imide groups is 1. The van der Waals surface area contributed by atoms with Gasteiger partial charge in [0, 0.05) is 6.54 Å². The van der Waals surface area contributed by atoms with Crippen LogP contribution < -0.4 is 14.8 Å². The highest BCUT2D eigenvalue weighted by Crippen LogP contribution is 2.31. The number of methoxy groups -OCH3 is 2. The van der Waals surface area contributed by atoms with Gasteiger partial charge in [0.1, 0.15) is 5.54 Å². The summed E-state index contributed by atoms with van der Waals surface area (Å²) in [6.45, 7) is 4.46. The van der Waals surface area contributed by atoms with Crippen LogP contribution in [0.2, 0.25) is 0 Å². The number of carbonyl (C=O) groups is 2. The second-order valence-electron chi connectivity index (χ2n) is 7.44. The molecule has 0 aromatic heterocycles. The van der Waals surface area contributed by atoms with Crippen molar-refractivity contribution in [1.29, 1.82) is 0 Å². The summed E-state index contributed by atoms with van der Waals surface area (Å²) in [6, 6.07) is 12.7. The molecule has 7 nitrogen and oxygen atoms in total. The number of rotatable bonds is 7. The molecule has 29 heavy (non-hydrogen) atoms. The van der Waals surface area contributed by atoms with E-state index in [0.29, 0.717) is 18.0 Å². The van der Waals surface area contributed by atoms with E-state index in [0.717, 1.165) is 16.7 Å². The molecule has 0 radical (unpaired) electrons. The van der Waals surface area contributed by atoms with Crippen molar-refractivity contribution >= 4 is 11.9 Å². The van der Waals surface area contributed by atoms with E-state index in [2.05, 4.69) is 5.32 Å². The first-order valence-electron chi connectivity index (χ1n) is 9.40. The summed E-state index contributed by atoms with van der Waals surface area (Å²) in [6.07, 6.45) is 0. The van der Waals surface area contributed by atoms with Gasteiger partial charge in [-0.15, -0.1) is 0 Å². The van der Waals surface area contributed by atoms with Gasteiger partial charge in [0.25, 0.3) is 5.91 Å². The van der Waals surface area contributed by atoms with Gasteiger partial charge >= 0.3 is 6.03 Å². The smallest absolute Gasteiger partial charge is 0.326 e. The van der Waals surface area contributed by atoms with Crippen molar-refractivity contribution in [1.82, 2.24) is 15.1 Å². The second kappa shape index (κ2) is 8.13. The van der Waals surface area contributed by atoms with Crippen LogP contribution in [-0.2, 0) is 16.9 Å². The first-order chi connectivity index (χ1) is 13.8. The molecule has 1 N–H and O–H groups in total. The maximum atomic E-state index is 13.1. The minimum atomic E-state index is -1.06. The van der Waals surface area contributed by atoms with Crippen LogP contribution in [0.15, 0.2) is 42.5 Å². The summed E-state index contributed by atoms with van der Waals surface area (Å²) < 4.78 is 10.7. The number of benzene rings is 2. The van der Waals surface area contributed by atoms with Crippen LogP contribution in [0.25, 0.3) is 0 Å². The standard InChI is InChI=1S/C22H27N3O4/c1-15-11-18(28-4)19(29-5)12-16(15)13-24(3)14-25-20(26)22(2,23-21(25)27)17-9-7-6-8-10-17/h6-12H,13-14H2,1-5H3,(H,23,27)/t22-/m1/s1. The summed E-state index contributed by atoms with van der Waals surface area (Å²) in [4.78, 5) is 28.8. The Balaban J connectivity index is 1.75. The first-order valence-corrected chi connectivity index (χ1v) is 9.40. The predicted molar refractivity (Wildman–Crippen MR) is 110 cm³/mol. The summed E-state index contributed by atoms with van der Waals surface area (Å²) in [5.41, 5.74) is 1.78. The normalized spacial score (nSPS) is 18.9. The lowest BCUT2D eigenvalue weighted by molar-refractivity contribution is -0.132. The van der Waals surface area contributed by atoms with Gasteiger partial charge in [0.15, 0.2) is 11.5 Å². The Morgan fingerprint density at radius 3 is 2.31 bits per heavy atom. The molecule has 2 aromatic carbocycles. The molecule has 1 heterocycles. The highest BCUT2D eigenvalue weighted by Gasteiger charge is 2.49. The van der Waals surface area contributed by atoms with Crippen molar-refractivity contribution in [2.45, 2.75) is 25.9 Å². The summed E-state index contributed by atoms with van der Waals surface area (Å²) >= 11 is 0. The highest BCUT2D eigenvalue weighted by molar-refractivity contribution is 6.07. The molecule has 0 saturated carbocycles. The third-order valence-electron chi connectivity index (χ3n) is 5.29. The fraction of sp³-hybridized carbons (Fsp3) is 0.364. The van der Waals surface area contributed by atoms with Crippen LogP contribution in [0.3, 0.4) is 0 Å². The Morgan fingerprint density at radius 2 is 1.69 bits per heavy atom. The van der Waals surface area contributed by atoms with E-state index >= 15 is 0 Å². The maximum absolute atomic E-state index is 13.1. The molecule has 3 rings (SSSR count).